The van der Waals surface area contributed by atoms with E-state index >= 15 is 0 Å². The van der Waals surface area contributed by atoms with Gasteiger partial charge >= 0.3 is 11.9 Å². The van der Waals surface area contributed by atoms with Crippen LogP contribution < -0.4 is 0 Å². The molecule has 1 heterocycles. The van der Waals surface area contributed by atoms with E-state index in [1.807, 2.05) is 0 Å². The molecular weight excluding hydrogens is 220 g/mol. The lowest BCUT2D eigenvalue weighted by molar-refractivity contribution is -0.161. The maximum Gasteiger partial charge on any atom is 0.397 e. The number of carbonyl (C=O) groups excluding carboxylic acids is 2. The van der Waals surface area contributed by atoms with Crippen LogP contribution in [0.2, 0.25) is 0 Å². The lowest BCUT2D eigenvalue weighted by Crippen LogP contribution is -2.55. The Morgan fingerprint density at radius 3 is 2.06 bits per heavy atom. The lowest BCUT2D eigenvalue weighted by Gasteiger charge is -2.41. The molecule has 17 heavy (non-hydrogen) atoms. The smallest absolute Gasteiger partial charge is 0.397 e. The quantitative estimate of drug-likeness (QED) is 0.496. The van der Waals surface area contributed by atoms with Gasteiger partial charge in [-0.25, -0.2) is 4.79 Å². The molecule has 1 saturated heterocycles. The Hall–Kier alpha value is -1.10. The van der Waals surface area contributed by atoms with Crippen molar-refractivity contribution in [2.24, 2.45) is 0 Å². The van der Waals surface area contributed by atoms with Gasteiger partial charge in [-0.15, -0.1) is 0 Å². The summed E-state index contributed by atoms with van der Waals surface area (Å²) in [6.45, 7) is 11.2. The highest BCUT2D eigenvalue weighted by molar-refractivity contribution is 6.32. The molecule has 0 radical (unpaired) electrons. The Bertz CT molecular complexity index is 289. The second-order valence-corrected chi connectivity index (χ2v) is 5.17. The number of amides is 1. The van der Waals surface area contributed by atoms with Crippen LogP contribution in [-0.4, -0.2) is 60.0 Å². The monoisotopic (exact) mass is 242 g/mol. The van der Waals surface area contributed by atoms with Crippen molar-refractivity contribution in [2.45, 2.75) is 33.2 Å². The fraction of sp³-hybridized carbons (Fsp3) is 0.833. The molecule has 0 spiro atoms. The molecule has 0 aromatic heterocycles. The van der Waals surface area contributed by atoms with Gasteiger partial charge in [0, 0.05) is 31.7 Å². The van der Waals surface area contributed by atoms with Crippen molar-refractivity contribution in [3.8, 4) is 0 Å². The zero-order chi connectivity index (χ0) is 13.1. The first-order chi connectivity index (χ1) is 7.86. The molecule has 0 N–H and O–H groups in total. The summed E-state index contributed by atoms with van der Waals surface area (Å²) in [5, 5.41) is 0. The molecule has 1 fully saturated rings. The fourth-order valence-corrected chi connectivity index (χ4v) is 1.90. The van der Waals surface area contributed by atoms with E-state index < -0.39 is 11.9 Å². The molecule has 0 atom stereocenters. The summed E-state index contributed by atoms with van der Waals surface area (Å²) in [7, 11) is 0. The zero-order valence-electron chi connectivity index (χ0n) is 11.2. The normalized spacial score (nSPS) is 18.0. The van der Waals surface area contributed by atoms with Gasteiger partial charge < -0.3 is 9.64 Å². The van der Waals surface area contributed by atoms with Crippen LogP contribution in [0.25, 0.3) is 0 Å². The third-order valence-electron chi connectivity index (χ3n) is 2.97. The minimum Gasteiger partial charge on any atom is -0.459 e. The molecule has 1 aliphatic heterocycles. The van der Waals surface area contributed by atoms with Gasteiger partial charge in [-0.3, -0.25) is 9.69 Å². The average molecular weight is 242 g/mol. The molecule has 0 bridgehead atoms. The van der Waals surface area contributed by atoms with Crippen molar-refractivity contribution in [2.75, 3.05) is 32.8 Å². The lowest BCUT2D eigenvalue weighted by atomic mass is 10.1. The molecule has 1 rings (SSSR count). The van der Waals surface area contributed by atoms with E-state index in [9.17, 15) is 9.59 Å². The number of ether oxygens (including phenoxy) is 1. The highest BCUT2D eigenvalue weighted by Gasteiger charge is 2.30. The predicted molar refractivity (Wildman–Crippen MR) is 64.5 cm³/mol. The van der Waals surface area contributed by atoms with E-state index in [0.29, 0.717) is 13.1 Å². The number of carbonyl (C=O) groups is 2. The molecule has 0 aliphatic carbocycles. The van der Waals surface area contributed by atoms with Crippen molar-refractivity contribution in [3.05, 3.63) is 0 Å². The first-order valence-electron chi connectivity index (χ1n) is 6.07. The van der Waals surface area contributed by atoms with Crippen LogP contribution in [0.5, 0.6) is 0 Å². The van der Waals surface area contributed by atoms with Crippen LogP contribution >= 0.6 is 0 Å². The number of rotatable bonds is 1. The molecule has 0 aromatic carbocycles. The van der Waals surface area contributed by atoms with Crippen molar-refractivity contribution in [3.63, 3.8) is 0 Å². The van der Waals surface area contributed by atoms with Gasteiger partial charge in [-0.2, -0.15) is 0 Å². The predicted octanol–water partition coefficient (Wildman–Crippen LogP) is 0.492. The van der Waals surface area contributed by atoms with Gasteiger partial charge in [-0.05, 0) is 27.7 Å². The Morgan fingerprint density at radius 2 is 1.65 bits per heavy atom. The average Bonchev–Trinajstić information content (AvgIpc) is 2.27. The molecule has 0 unspecified atom stereocenters. The first-order valence-corrected chi connectivity index (χ1v) is 6.07. The van der Waals surface area contributed by atoms with Crippen molar-refractivity contribution in [1.82, 2.24) is 9.80 Å². The number of piperazine rings is 1. The molecule has 1 aliphatic rings. The maximum absolute atomic E-state index is 11.7. The fourth-order valence-electron chi connectivity index (χ4n) is 1.90. The first kappa shape index (κ1) is 14.0. The van der Waals surface area contributed by atoms with Gasteiger partial charge in [0.25, 0.3) is 0 Å². The van der Waals surface area contributed by atoms with E-state index in [0.717, 1.165) is 13.1 Å². The second-order valence-electron chi connectivity index (χ2n) is 5.17. The standard InChI is InChI=1S/C12H22N2O3/c1-5-17-11(16)10(15)13-6-8-14(9-7-13)12(2,3)4/h5-9H2,1-4H3. The van der Waals surface area contributed by atoms with Gasteiger partial charge in [0.1, 0.15) is 0 Å². The maximum atomic E-state index is 11.7. The van der Waals surface area contributed by atoms with Crippen LogP contribution in [0, 0.1) is 0 Å². The number of hydrogen-bond donors (Lipinski definition) is 0. The van der Waals surface area contributed by atoms with E-state index in [2.05, 4.69) is 25.7 Å². The molecule has 5 nitrogen and oxygen atoms in total. The van der Waals surface area contributed by atoms with Crippen LogP contribution in [0.4, 0.5) is 0 Å². The van der Waals surface area contributed by atoms with E-state index in [4.69, 9.17) is 4.74 Å². The molecule has 5 heteroatoms. The topological polar surface area (TPSA) is 49.9 Å². The summed E-state index contributed by atoms with van der Waals surface area (Å²) in [5.74, 6) is -1.25. The van der Waals surface area contributed by atoms with Gasteiger partial charge in [0.2, 0.25) is 0 Å². The SMILES string of the molecule is CCOC(=O)C(=O)N1CCN(C(C)(C)C)CC1. The van der Waals surface area contributed by atoms with E-state index in [-0.39, 0.29) is 12.1 Å². The van der Waals surface area contributed by atoms with Crippen molar-refractivity contribution >= 4 is 11.9 Å². The van der Waals surface area contributed by atoms with Gasteiger partial charge in [0.15, 0.2) is 0 Å². The minimum atomic E-state index is -0.739. The van der Waals surface area contributed by atoms with E-state index in [1.165, 1.54) is 0 Å². The Balaban J connectivity index is 2.47. The number of hydrogen-bond acceptors (Lipinski definition) is 4. The summed E-state index contributed by atoms with van der Waals surface area (Å²) in [5.41, 5.74) is 0.110. The molecule has 0 aromatic rings. The molecular formula is C12H22N2O3. The van der Waals surface area contributed by atoms with Gasteiger partial charge in [-0.1, -0.05) is 0 Å². The molecule has 0 saturated carbocycles. The number of esters is 1. The molecule has 98 valence electrons. The highest BCUT2D eigenvalue weighted by Crippen LogP contribution is 2.15. The van der Waals surface area contributed by atoms with Crippen LogP contribution in [0.15, 0.2) is 0 Å². The number of nitrogens with zero attached hydrogens (tertiary/aromatic N) is 2. The molecule has 1 amide bonds. The Morgan fingerprint density at radius 1 is 1.12 bits per heavy atom. The largest absolute Gasteiger partial charge is 0.459 e. The van der Waals surface area contributed by atoms with Gasteiger partial charge in [0.05, 0.1) is 6.61 Å². The van der Waals surface area contributed by atoms with Crippen LogP contribution in [0.1, 0.15) is 27.7 Å². The van der Waals surface area contributed by atoms with Crippen molar-refractivity contribution in [1.29, 1.82) is 0 Å². The minimum absolute atomic E-state index is 0.110. The summed E-state index contributed by atoms with van der Waals surface area (Å²) in [6.07, 6.45) is 0. The Kier molecular flexibility index (Phi) is 4.51. The third-order valence-corrected chi connectivity index (χ3v) is 2.97. The van der Waals surface area contributed by atoms with Crippen LogP contribution in [-0.2, 0) is 14.3 Å². The summed E-state index contributed by atoms with van der Waals surface area (Å²) in [4.78, 5) is 26.8. The summed E-state index contributed by atoms with van der Waals surface area (Å²) >= 11 is 0. The summed E-state index contributed by atoms with van der Waals surface area (Å²) < 4.78 is 4.71. The Labute approximate surface area is 103 Å². The summed E-state index contributed by atoms with van der Waals surface area (Å²) in [6, 6.07) is 0. The zero-order valence-corrected chi connectivity index (χ0v) is 11.2. The van der Waals surface area contributed by atoms with Crippen LogP contribution in [0.3, 0.4) is 0 Å². The third kappa shape index (κ3) is 3.70. The van der Waals surface area contributed by atoms with E-state index in [1.54, 1.807) is 11.8 Å². The second kappa shape index (κ2) is 5.49. The highest BCUT2D eigenvalue weighted by atomic mass is 16.5. The van der Waals surface area contributed by atoms with Crippen molar-refractivity contribution < 1.29 is 14.3 Å².